The molecule has 0 atom stereocenters. The zero-order chi connectivity index (χ0) is 15.6. The Hall–Kier alpha value is -2.03. The summed E-state index contributed by atoms with van der Waals surface area (Å²) in [4.78, 5) is 0. The molecule has 23 heavy (non-hydrogen) atoms. The Morgan fingerprint density at radius 1 is 0.783 bits per heavy atom. The number of hydrogen-bond acceptors (Lipinski definition) is 1. The van der Waals surface area contributed by atoms with Gasteiger partial charge < -0.3 is 4.42 Å². The van der Waals surface area contributed by atoms with Gasteiger partial charge in [-0.3, -0.25) is 0 Å². The van der Waals surface area contributed by atoms with E-state index >= 15 is 0 Å². The first-order valence-electron chi connectivity index (χ1n) is 7.35. The van der Waals surface area contributed by atoms with Crippen LogP contribution in [0.3, 0.4) is 0 Å². The lowest BCUT2D eigenvalue weighted by Gasteiger charge is -2.03. The van der Waals surface area contributed by atoms with Gasteiger partial charge in [0.05, 0.1) is 5.02 Å². The molecule has 3 heteroatoms. The smallest absolute Gasteiger partial charge is 0.143 e. The normalized spacial score (nSPS) is 11.9. The van der Waals surface area contributed by atoms with E-state index in [0.29, 0.717) is 0 Å². The number of halogens is 2. The van der Waals surface area contributed by atoms with Gasteiger partial charge in [0, 0.05) is 26.0 Å². The van der Waals surface area contributed by atoms with Gasteiger partial charge in [0.2, 0.25) is 0 Å². The molecule has 0 spiro atoms. The fourth-order valence-corrected chi connectivity index (χ4v) is 4.26. The van der Waals surface area contributed by atoms with Crippen LogP contribution in [0.4, 0.5) is 0 Å². The highest BCUT2D eigenvalue weighted by Gasteiger charge is 2.16. The number of furan rings is 1. The van der Waals surface area contributed by atoms with E-state index in [1.165, 1.54) is 0 Å². The van der Waals surface area contributed by atoms with Crippen molar-refractivity contribution in [3.05, 3.63) is 70.2 Å². The van der Waals surface area contributed by atoms with Crippen LogP contribution in [0.15, 0.2) is 69.6 Å². The van der Waals surface area contributed by atoms with E-state index in [-0.39, 0.29) is 0 Å². The summed E-state index contributed by atoms with van der Waals surface area (Å²) in [6.45, 7) is 0. The molecule has 5 rings (SSSR count). The molecule has 0 saturated heterocycles. The maximum Gasteiger partial charge on any atom is 0.143 e. The molecule has 4 aromatic carbocycles. The third-order valence-corrected chi connectivity index (χ3v) is 5.42. The van der Waals surface area contributed by atoms with Crippen LogP contribution in [-0.4, -0.2) is 0 Å². The molecule has 0 aliphatic heterocycles. The molecule has 0 aliphatic rings. The average Bonchev–Trinajstić information content (AvgIpc) is 2.94. The Balaban J connectivity index is 2.10. The van der Waals surface area contributed by atoms with Crippen molar-refractivity contribution >= 4 is 71.0 Å². The van der Waals surface area contributed by atoms with Crippen molar-refractivity contribution in [3.8, 4) is 0 Å². The van der Waals surface area contributed by atoms with Crippen molar-refractivity contribution in [2.24, 2.45) is 0 Å². The molecule has 1 nitrogen and oxygen atoms in total. The molecule has 0 fully saturated rings. The summed E-state index contributed by atoms with van der Waals surface area (Å²) in [7, 11) is 0. The molecule has 0 N–H and O–H groups in total. The fraction of sp³-hybridized carbons (Fsp3) is 0. The van der Waals surface area contributed by atoms with Crippen LogP contribution < -0.4 is 0 Å². The molecular weight excluding hydrogens is 372 g/mol. The zero-order valence-electron chi connectivity index (χ0n) is 11.9. The van der Waals surface area contributed by atoms with E-state index in [1.807, 2.05) is 30.3 Å². The van der Waals surface area contributed by atoms with E-state index in [1.54, 1.807) is 0 Å². The fourth-order valence-electron chi connectivity index (χ4n) is 3.32. The summed E-state index contributed by atoms with van der Waals surface area (Å²) in [6.07, 6.45) is 0. The summed E-state index contributed by atoms with van der Waals surface area (Å²) >= 11 is 10.4. The lowest BCUT2D eigenvalue weighted by atomic mass is 10.0. The predicted molar refractivity (Wildman–Crippen MR) is 101 cm³/mol. The monoisotopic (exact) mass is 380 g/mol. The number of hydrogen-bond donors (Lipinski definition) is 0. The second-order valence-corrected chi connectivity index (χ2v) is 6.90. The molecule has 110 valence electrons. The van der Waals surface area contributed by atoms with E-state index in [9.17, 15) is 0 Å². The Morgan fingerprint density at radius 3 is 2.30 bits per heavy atom. The topological polar surface area (TPSA) is 13.1 Å². The largest absolute Gasteiger partial charge is 0.455 e. The van der Waals surface area contributed by atoms with Gasteiger partial charge in [0.25, 0.3) is 0 Å². The Kier molecular flexibility index (Phi) is 2.76. The maximum atomic E-state index is 6.72. The third kappa shape index (κ3) is 1.79. The summed E-state index contributed by atoms with van der Waals surface area (Å²) < 4.78 is 7.25. The van der Waals surface area contributed by atoms with E-state index in [2.05, 4.69) is 46.3 Å². The first kappa shape index (κ1) is 13.4. The highest BCUT2D eigenvalue weighted by Crippen LogP contribution is 2.42. The van der Waals surface area contributed by atoms with Gasteiger partial charge >= 0.3 is 0 Å². The van der Waals surface area contributed by atoms with Crippen LogP contribution in [0.2, 0.25) is 5.02 Å². The number of benzene rings is 4. The van der Waals surface area contributed by atoms with Crippen LogP contribution in [0.5, 0.6) is 0 Å². The molecule has 1 heterocycles. The highest BCUT2D eigenvalue weighted by atomic mass is 79.9. The minimum atomic E-state index is 0.749. The highest BCUT2D eigenvalue weighted by molar-refractivity contribution is 9.10. The van der Waals surface area contributed by atoms with Crippen molar-refractivity contribution in [2.75, 3.05) is 0 Å². The summed E-state index contributed by atoms with van der Waals surface area (Å²) in [6, 6.07) is 20.5. The molecule has 0 unspecified atom stereocenters. The van der Waals surface area contributed by atoms with Crippen molar-refractivity contribution in [3.63, 3.8) is 0 Å². The van der Waals surface area contributed by atoms with Crippen molar-refractivity contribution in [1.82, 2.24) is 0 Å². The molecule has 0 radical (unpaired) electrons. The van der Waals surface area contributed by atoms with Gasteiger partial charge in [-0.25, -0.2) is 0 Å². The first-order chi connectivity index (χ1) is 11.2. The first-order valence-corrected chi connectivity index (χ1v) is 8.52. The van der Waals surface area contributed by atoms with Gasteiger partial charge in [-0.05, 0) is 22.9 Å². The third-order valence-electron chi connectivity index (χ3n) is 4.38. The molecule has 0 saturated carbocycles. The molecule has 0 aliphatic carbocycles. The van der Waals surface area contributed by atoms with Crippen molar-refractivity contribution in [1.29, 1.82) is 0 Å². The minimum absolute atomic E-state index is 0.749. The molecule has 1 aromatic heterocycles. The van der Waals surface area contributed by atoms with Gasteiger partial charge in [-0.1, -0.05) is 76.1 Å². The van der Waals surface area contributed by atoms with Crippen LogP contribution in [0, 0.1) is 0 Å². The van der Waals surface area contributed by atoms with Crippen LogP contribution in [0.1, 0.15) is 0 Å². The van der Waals surface area contributed by atoms with Crippen molar-refractivity contribution < 1.29 is 4.42 Å². The molecule has 0 amide bonds. The predicted octanol–water partition coefficient (Wildman–Crippen LogP) is 7.31. The lowest BCUT2D eigenvalue weighted by molar-refractivity contribution is 0.673. The van der Waals surface area contributed by atoms with Gasteiger partial charge in [0.1, 0.15) is 11.2 Å². The van der Waals surface area contributed by atoms with Gasteiger partial charge in [-0.15, -0.1) is 0 Å². The summed E-state index contributed by atoms with van der Waals surface area (Å²) in [5.41, 5.74) is 1.71. The quantitative estimate of drug-likeness (QED) is 0.274. The zero-order valence-corrected chi connectivity index (χ0v) is 14.3. The van der Waals surface area contributed by atoms with E-state index in [0.717, 1.165) is 53.0 Å². The Bertz CT molecular complexity index is 1240. The minimum Gasteiger partial charge on any atom is -0.455 e. The number of rotatable bonds is 0. The van der Waals surface area contributed by atoms with E-state index in [4.69, 9.17) is 16.0 Å². The SMILES string of the molecule is Clc1c2ccccc2cc2oc3c4ccccc4c(Br)cc3c12. The standard InChI is InChI=1S/C20H10BrClO/c21-16-10-15-18-17(9-11-5-1-2-6-12(11)19(18)22)23-20(15)14-8-4-3-7-13(14)16/h1-10H. The summed E-state index contributed by atoms with van der Waals surface area (Å²) in [5, 5.41) is 7.14. The Labute approximate surface area is 145 Å². The molecular formula is C20H10BrClO. The van der Waals surface area contributed by atoms with Crippen LogP contribution in [0.25, 0.3) is 43.5 Å². The van der Waals surface area contributed by atoms with Crippen LogP contribution in [-0.2, 0) is 0 Å². The average molecular weight is 382 g/mol. The van der Waals surface area contributed by atoms with Gasteiger partial charge in [0.15, 0.2) is 0 Å². The van der Waals surface area contributed by atoms with Gasteiger partial charge in [-0.2, -0.15) is 0 Å². The Morgan fingerprint density at radius 2 is 1.48 bits per heavy atom. The van der Waals surface area contributed by atoms with Crippen LogP contribution >= 0.6 is 27.5 Å². The maximum absolute atomic E-state index is 6.72. The number of fused-ring (bicyclic) bond motifs is 6. The second-order valence-electron chi connectivity index (χ2n) is 5.67. The molecule has 0 bridgehead atoms. The molecule has 5 aromatic rings. The summed E-state index contributed by atoms with van der Waals surface area (Å²) in [5.74, 6) is 0. The second kappa shape index (κ2) is 4.73. The van der Waals surface area contributed by atoms with E-state index < -0.39 is 0 Å². The van der Waals surface area contributed by atoms with Crippen molar-refractivity contribution in [2.45, 2.75) is 0 Å². The lowest BCUT2D eigenvalue weighted by Crippen LogP contribution is -1.78.